The largest absolute Gasteiger partial charge is 0.298 e. The molecular weight excluding hydrogens is 252 g/mol. The van der Waals surface area contributed by atoms with Gasteiger partial charge in [-0.1, -0.05) is 0 Å². The molecule has 0 aromatic carbocycles. The number of rotatable bonds is 3. The quantitative estimate of drug-likeness (QED) is 0.829. The molecule has 0 radical (unpaired) electrons. The lowest BCUT2D eigenvalue weighted by Gasteiger charge is -2.00. The monoisotopic (exact) mass is 264 g/mol. The lowest BCUT2D eigenvalue weighted by molar-refractivity contribution is 0.100. The highest BCUT2D eigenvalue weighted by atomic mass is 32.1. The van der Waals surface area contributed by atoms with Crippen molar-refractivity contribution >= 4 is 28.2 Å². The summed E-state index contributed by atoms with van der Waals surface area (Å²) in [5, 5.41) is 11.4. The molecule has 0 saturated heterocycles. The molecule has 18 heavy (non-hydrogen) atoms. The Kier molecular flexibility index (Phi) is 3.24. The molecule has 2 N–H and O–H groups in total. The fourth-order valence-electron chi connectivity index (χ4n) is 1.54. The molecule has 2 heterocycles. The third-order valence-electron chi connectivity index (χ3n) is 2.44. The number of thiazole rings is 1. The summed E-state index contributed by atoms with van der Waals surface area (Å²) < 4.78 is 0. The highest BCUT2D eigenvalue weighted by molar-refractivity contribution is 7.14. The average molecular weight is 264 g/mol. The van der Waals surface area contributed by atoms with Gasteiger partial charge in [0.2, 0.25) is 0 Å². The first-order chi connectivity index (χ1) is 8.49. The Labute approximate surface area is 107 Å². The Bertz CT molecular complexity index is 595. The molecule has 0 aliphatic heterocycles. The van der Waals surface area contributed by atoms with E-state index in [-0.39, 0.29) is 11.7 Å². The predicted octanol–water partition coefficient (Wildman–Crippen LogP) is 1.94. The number of nitrogens with one attached hydrogen (secondary N) is 2. The zero-order valence-electron chi connectivity index (χ0n) is 10.2. The summed E-state index contributed by atoms with van der Waals surface area (Å²) in [5.74, 6) is -0.398. The second-order valence-electron chi connectivity index (χ2n) is 3.86. The Morgan fingerprint density at radius 3 is 2.61 bits per heavy atom. The van der Waals surface area contributed by atoms with Gasteiger partial charge in [0.05, 0.1) is 11.3 Å². The van der Waals surface area contributed by atoms with Crippen LogP contribution in [0, 0.1) is 13.8 Å². The van der Waals surface area contributed by atoms with Crippen LogP contribution in [-0.4, -0.2) is 26.9 Å². The van der Waals surface area contributed by atoms with Crippen LogP contribution in [0.25, 0.3) is 0 Å². The fraction of sp³-hybridized carbons (Fsp3) is 0.273. The maximum absolute atomic E-state index is 12.0. The summed E-state index contributed by atoms with van der Waals surface area (Å²) in [5.41, 5.74) is 2.20. The van der Waals surface area contributed by atoms with E-state index in [4.69, 9.17) is 0 Å². The normalized spacial score (nSPS) is 10.4. The summed E-state index contributed by atoms with van der Waals surface area (Å²) in [6.45, 7) is 4.96. The van der Waals surface area contributed by atoms with Crippen molar-refractivity contribution in [3.05, 3.63) is 28.0 Å². The second-order valence-corrected chi connectivity index (χ2v) is 4.72. The van der Waals surface area contributed by atoms with Gasteiger partial charge in [-0.25, -0.2) is 4.98 Å². The molecule has 0 unspecified atom stereocenters. The van der Waals surface area contributed by atoms with Gasteiger partial charge in [0.1, 0.15) is 5.69 Å². The molecule has 6 nitrogen and oxygen atoms in total. The number of aromatic amines is 1. The molecule has 0 fully saturated rings. The van der Waals surface area contributed by atoms with Crippen LogP contribution in [0.1, 0.15) is 39.2 Å². The van der Waals surface area contributed by atoms with Gasteiger partial charge >= 0.3 is 0 Å². The summed E-state index contributed by atoms with van der Waals surface area (Å²) >= 11 is 1.22. The number of Topliss-reactive ketones (excluding diaryl/α,β-unsaturated/α-hetero) is 1. The Morgan fingerprint density at radius 1 is 1.39 bits per heavy atom. The van der Waals surface area contributed by atoms with Gasteiger partial charge in [-0.15, -0.1) is 11.3 Å². The van der Waals surface area contributed by atoms with E-state index < -0.39 is 0 Å². The molecule has 0 spiro atoms. The van der Waals surface area contributed by atoms with Crippen molar-refractivity contribution < 1.29 is 9.59 Å². The molecule has 7 heteroatoms. The molecule has 94 valence electrons. The lowest BCUT2D eigenvalue weighted by Crippen LogP contribution is -2.13. The van der Waals surface area contributed by atoms with Gasteiger partial charge in [0, 0.05) is 18.0 Å². The number of nitrogens with zero attached hydrogens (tertiary/aromatic N) is 2. The minimum atomic E-state index is -0.275. The Morgan fingerprint density at radius 2 is 2.11 bits per heavy atom. The van der Waals surface area contributed by atoms with E-state index in [1.807, 2.05) is 0 Å². The third kappa shape index (κ3) is 2.30. The number of carbonyl (C=O) groups is 2. The summed E-state index contributed by atoms with van der Waals surface area (Å²) in [6, 6.07) is 0. The van der Waals surface area contributed by atoms with E-state index in [0.29, 0.717) is 27.8 Å². The molecule has 0 bridgehead atoms. The number of hydrogen-bond donors (Lipinski definition) is 2. The van der Waals surface area contributed by atoms with Crippen molar-refractivity contribution in [2.45, 2.75) is 20.8 Å². The van der Waals surface area contributed by atoms with E-state index in [1.165, 1.54) is 18.3 Å². The van der Waals surface area contributed by atoms with E-state index in [1.54, 1.807) is 19.2 Å². The molecule has 2 rings (SSSR count). The number of anilines is 1. The van der Waals surface area contributed by atoms with Crippen molar-refractivity contribution in [3.8, 4) is 0 Å². The van der Waals surface area contributed by atoms with Crippen molar-refractivity contribution in [1.29, 1.82) is 0 Å². The van der Waals surface area contributed by atoms with Crippen LogP contribution in [0.3, 0.4) is 0 Å². The minimum Gasteiger partial charge on any atom is -0.298 e. The first-order valence-corrected chi connectivity index (χ1v) is 6.16. The maximum atomic E-state index is 12.0. The molecule has 0 aliphatic rings. The molecule has 0 atom stereocenters. The van der Waals surface area contributed by atoms with Crippen LogP contribution in [0.2, 0.25) is 0 Å². The minimum absolute atomic E-state index is 0.123. The molecule has 0 saturated carbocycles. The first-order valence-electron chi connectivity index (χ1n) is 5.28. The van der Waals surface area contributed by atoms with Crippen molar-refractivity contribution in [1.82, 2.24) is 15.2 Å². The van der Waals surface area contributed by atoms with Gasteiger partial charge in [-0.05, 0) is 13.8 Å². The number of aryl methyl sites for hydroxylation is 2. The summed E-state index contributed by atoms with van der Waals surface area (Å²) in [7, 11) is 0. The van der Waals surface area contributed by atoms with Crippen molar-refractivity contribution in [2.24, 2.45) is 0 Å². The van der Waals surface area contributed by atoms with Crippen LogP contribution in [-0.2, 0) is 0 Å². The molecule has 1 amide bonds. The number of H-pyrrole nitrogens is 1. The van der Waals surface area contributed by atoms with Gasteiger partial charge in [-0.3, -0.25) is 20.0 Å². The second kappa shape index (κ2) is 4.69. The smallest absolute Gasteiger partial charge is 0.261 e. The zero-order valence-corrected chi connectivity index (χ0v) is 11.0. The van der Waals surface area contributed by atoms with E-state index in [9.17, 15) is 9.59 Å². The van der Waals surface area contributed by atoms with E-state index >= 15 is 0 Å². The standard InChI is InChI=1S/C11H12N4O2S/c1-5-9(6(2)15-14-5)10(17)13-11-12-8(4-18-11)7(3)16/h4H,1-3H3,(H,14,15)(H,12,13,17). The van der Waals surface area contributed by atoms with Crippen LogP contribution in [0.15, 0.2) is 5.38 Å². The SMILES string of the molecule is CC(=O)c1csc(NC(=O)c2c(C)n[nH]c2C)n1. The Hall–Kier alpha value is -2.02. The Balaban J connectivity index is 2.19. The molecule has 2 aromatic heterocycles. The van der Waals surface area contributed by atoms with Gasteiger partial charge in [-0.2, -0.15) is 5.10 Å². The highest BCUT2D eigenvalue weighted by Gasteiger charge is 2.17. The molecule has 0 aliphatic carbocycles. The number of carbonyl (C=O) groups excluding carboxylic acids is 2. The fourth-order valence-corrected chi connectivity index (χ4v) is 2.28. The van der Waals surface area contributed by atoms with E-state index in [0.717, 1.165) is 0 Å². The third-order valence-corrected chi connectivity index (χ3v) is 3.20. The number of aromatic nitrogens is 3. The van der Waals surface area contributed by atoms with Gasteiger partial charge in [0.25, 0.3) is 5.91 Å². The number of hydrogen-bond acceptors (Lipinski definition) is 5. The molecular formula is C11H12N4O2S. The topological polar surface area (TPSA) is 87.7 Å². The maximum Gasteiger partial charge on any atom is 0.261 e. The first kappa shape index (κ1) is 12.4. The average Bonchev–Trinajstić information content (AvgIpc) is 2.86. The predicted molar refractivity (Wildman–Crippen MR) is 68.1 cm³/mol. The van der Waals surface area contributed by atoms with Crippen LogP contribution in [0.5, 0.6) is 0 Å². The van der Waals surface area contributed by atoms with Crippen molar-refractivity contribution in [3.63, 3.8) is 0 Å². The lowest BCUT2D eigenvalue weighted by atomic mass is 10.2. The highest BCUT2D eigenvalue weighted by Crippen LogP contribution is 2.18. The summed E-state index contributed by atoms with van der Waals surface area (Å²) in [6.07, 6.45) is 0. The zero-order chi connectivity index (χ0) is 13.3. The van der Waals surface area contributed by atoms with E-state index in [2.05, 4.69) is 20.5 Å². The number of ketones is 1. The van der Waals surface area contributed by atoms with Crippen LogP contribution in [0.4, 0.5) is 5.13 Å². The van der Waals surface area contributed by atoms with Crippen LogP contribution >= 0.6 is 11.3 Å². The van der Waals surface area contributed by atoms with Crippen LogP contribution < -0.4 is 5.32 Å². The van der Waals surface area contributed by atoms with Gasteiger partial charge < -0.3 is 0 Å². The number of amides is 1. The molecule has 2 aromatic rings. The van der Waals surface area contributed by atoms with Gasteiger partial charge in [0.15, 0.2) is 10.9 Å². The van der Waals surface area contributed by atoms with Crippen molar-refractivity contribution in [2.75, 3.05) is 5.32 Å². The summed E-state index contributed by atoms with van der Waals surface area (Å²) in [4.78, 5) is 27.1.